The minimum Gasteiger partial charge on any atom is -0.477 e. The van der Waals surface area contributed by atoms with Gasteiger partial charge in [0.05, 0.1) is 34.4 Å². The highest BCUT2D eigenvalue weighted by atomic mass is 16.7. The number of esters is 2. The summed E-state index contributed by atoms with van der Waals surface area (Å²) in [6, 6.07) is 0. The van der Waals surface area contributed by atoms with Crippen molar-refractivity contribution in [2.45, 2.75) is 212 Å². The topological polar surface area (TPSA) is 108 Å². The first kappa shape index (κ1) is 64.2. The maximum atomic E-state index is 12.8. The van der Waals surface area contributed by atoms with Gasteiger partial charge in [-0.1, -0.05) is 207 Å². The van der Waals surface area contributed by atoms with E-state index in [-0.39, 0.29) is 32.2 Å². The minimum atomic E-state index is -1.52. The highest BCUT2D eigenvalue weighted by Crippen LogP contribution is 2.14. The second-order valence-electron chi connectivity index (χ2n) is 18.8. The number of ether oxygens (including phenoxy) is 4. The van der Waals surface area contributed by atoms with Gasteiger partial charge in [-0.3, -0.25) is 9.59 Å². The van der Waals surface area contributed by atoms with Crippen molar-refractivity contribution in [1.29, 1.82) is 0 Å². The summed E-state index contributed by atoms with van der Waals surface area (Å²) in [5.41, 5.74) is 0. The fourth-order valence-electron chi connectivity index (χ4n) is 6.97. The predicted molar refractivity (Wildman–Crippen MR) is 285 cm³/mol. The van der Waals surface area contributed by atoms with Crippen LogP contribution in [0.1, 0.15) is 200 Å². The molecule has 9 nitrogen and oxygen atoms in total. The molecule has 0 aliphatic carbocycles. The monoisotopic (exact) mass is 951 g/mol. The van der Waals surface area contributed by atoms with Gasteiger partial charge >= 0.3 is 17.9 Å². The summed E-state index contributed by atoms with van der Waals surface area (Å²) in [5.74, 6) is -2.03. The largest absolute Gasteiger partial charge is 0.477 e. The Hall–Kier alpha value is -3.79. The van der Waals surface area contributed by atoms with Gasteiger partial charge in [0.2, 0.25) is 0 Å². The molecule has 0 saturated carbocycles. The summed E-state index contributed by atoms with van der Waals surface area (Å²) in [4.78, 5) is 37.2. The third kappa shape index (κ3) is 50.1. The van der Waals surface area contributed by atoms with Gasteiger partial charge in [-0.15, -0.1) is 0 Å². The van der Waals surface area contributed by atoms with E-state index in [2.05, 4.69) is 111 Å². The highest BCUT2D eigenvalue weighted by Gasteiger charge is 2.25. The first-order valence-corrected chi connectivity index (χ1v) is 26.9. The molecule has 0 fully saturated rings. The number of likely N-dealkylation sites (N-methyl/N-ethyl adjacent to an activating group) is 1. The fourth-order valence-corrected chi connectivity index (χ4v) is 6.97. The van der Waals surface area contributed by atoms with E-state index in [1.54, 1.807) is 0 Å². The third-order valence-corrected chi connectivity index (χ3v) is 11.1. The van der Waals surface area contributed by atoms with Crippen molar-refractivity contribution in [3.63, 3.8) is 0 Å². The van der Waals surface area contributed by atoms with Crippen molar-refractivity contribution in [2.75, 3.05) is 47.5 Å². The first-order chi connectivity index (χ1) is 33.1. The number of carboxylic acid groups (broad SMARTS) is 1. The standard InChI is InChI=1S/C59H99NO8/c1-6-8-10-12-14-16-18-20-21-22-23-24-25-26-27-28-29-30-31-32-33-34-35-36-37-38-40-42-44-46-48-50-57(62)68-55(54-67-59(58(63)64)65-52-51-60(3,4)5)53-66-56(61)49-47-45-43-41-39-19-17-15-13-11-9-7-2/h8,10,14,16,20-21,23-24,26-27,29-30,32-33,35-36,55,59H,6-7,9,11-13,15,17-19,22,25,28,31,34,37-54H2,1-5H3/p+1/b10-8-,16-14-,21-20-,24-23-,27-26-,30-29-,33-32-,36-35-. The van der Waals surface area contributed by atoms with Gasteiger partial charge in [-0.25, -0.2) is 4.79 Å². The number of allylic oxidation sites excluding steroid dienone is 16. The Morgan fingerprint density at radius 1 is 0.456 bits per heavy atom. The summed E-state index contributed by atoms with van der Waals surface area (Å²) < 4.78 is 22.8. The van der Waals surface area contributed by atoms with E-state index in [0.717, 1.165) is 109 Å². The number of hydrogen-bond donors (Lipinski definition) is 1. The maximum Gasteiger partial charge on any atom is 0.361 e. The lowest BCUT2D eigenvalue weighted by Gasteiger charge is -2.25. The molecular weight excluding hydrogens is 851 g/mol. The van der Waals surface area contributed by atoms with E-state index >= 15 is 0 Å². The SMILES string of the molecule is CC/C=C\C/C=C\C/C=C\C/C=C\C/C=C\C/C=C\C/C=C\C/C=C\CCCCCCCCC(=O)OC(COC(=O)CCCCCCCCCCCCCC)COC(OCC[N+](C)(C)C)C(=O)O. The molecule has 9 heteroatoms. The van der Waals surface area contributed by atoms with E-state index in [0.29, 0.717) is 23.9 Å². The average molecular weight is 951 g/mol. The van der Waals surface area contributed by atoms with Crippen LogP contribution in [0.5, 0.6) is 0 Å². The molecule has 388 valence electrons. The van der Waals surface area contributed by atoms with Crippen molar-refractivity contribution in [1.82, 2.24) is 0 Å². The second kappa shape index (κ2) is 49.6. The Kier molecular flexibility index (Phi) is 46.9. The normalized spacial score (nSPS) is 13.6. The number of unbranched alkanes of at least 4 members (excludes halogenated alkanes) is 17. The summed E-state index contributed by atoms with van der Waals surface area (Å²) in [7, 11) is 5.95. The van der Waals surface area contributed by atoms with Crippen molar-refractivity contribution in [2.24, 2.45) is 0 Å². The molecule has 2 atom stereocenters. The zero-order chi connectivity index (χ0) is 49.9. The lowest BCUT2D eigenvalue weighted by Crippen LogP contribution is -2.40. The van der Waals surface area contributed by atoms with Crippen LogP contribution in [0.2, 0.25) is 0 Å². The molecule has 0 radical (unpaired) electrons. The van der Waals surface area contributed by atoms with E-state index in [1.165, 1.54) is 57.8 Å². The molecule has 0 amide bonds. The number of rotatable bonds is 48. The van der Waals surface area contributed by atoms with Crippen molar-refractivity contribution >= 4 is 17.9 Å². The number of carbonyl (C=O) groups is 3. The van der Waals surface area contributed by atoms with Crippen LogP contribution < -0.4 is 0 Å². The molecule has 0 aromatic rings. The van der Waals surface area contributed by atoms with Crippen LogP contribution in [-0.4, -0.2) is 87.4 Å². The third-order valence-electron chi connectivity index (χ3n) is 11.1. The fraction of sp³-hybridized carbons (Fsp3) is 0.678. The van der Waals surface area contributed by atoms with Gasteiger partial charge in [-0.2, -0.15) is 0 Å². The molecule has 0 saturated heterocycles. The Morgan fingerprint density at radius 3 is 1.25 bits per heavy atom. The molecule has 0 aliphatic rings. The van der Waals surface area contributed by atoms with E-state index in [1.807, 2.05) is 21.1 Å². The van der Waals surface area contributed by atoms with Crippen LogP contribution >= 0.6 is 0 Å². The van der Waals surface area contributed by atoms with Crippen LogP contribution in [0.4, 0.5) is 0 Å². The first-order valence-electron chi connectivity index (χ1n) is 26.9. The molecule has 0 aliphatic heterocycles. The van der Waals surface area contributed by atoms with Crippen molar-refractivity contribution in [3.05, 3.63) is 97.2 Å². The quantitative estimate of drug-likeness (QED) is 0.0211. The Bertz CT molecular complexity index is 1430. The summed E-state index contributed by atoms with van der Waals surface area (Å²) >= 11 is 0. The Morgan fingerprint density at radius 2 is 0.838 bits per heavy atom. The number of carbonyl (C=O) groups excluding carboxylic acids is 2. The summed E-state index contributed by atoms with van der Waals surface area (Å²) in [5, 5.41) is 9.67. The van der Waals surface area contributed by atoms with Gasteiger partial charge in [0.25, 0.3) is 6.29 Å². The van der Waals surface area contributed by atoms with E-state index in [9.17, 15) is 19.5 Å². The van der Waals surface area contributed by atoms with E-state index < -0.39 is 24.3 Å². The summed E-state index contributed by atoms with van der Waals surface area (Å²) in [6.45, 7) is 4.72. The zero-order valence-electron chi connectivity index (χ0n) is 44.0. The molecule has 68 heavy (non-hydrogen) atoms. The molecule has 1 N–H and O–H groups in total. The summed E-state index contributed by atoms with van der Waals surface area (Å²) in [6.07, 6.45) is 63.3. The Labute approximate surface area is 416 Å². The highest BCUT2D eigenvalue weighted by molar-refractivity contribution is 5.71. The van der Waals surface area contributed by atoms with Gasteiger partial charge < -0.3 is 28.5 Å². The molecule has 0 aromatic heterocycles. The lowest BCUT2D eigenvalue weighted by molar-refractivity contribution is -0.870. The number of hydrogen-bond acceptors (Lipinski definition) is 7. The maximum absolute atomic E-state index is 12.8. The van der Waals surface area contributed by atoms with Gasteiger partial charge in [0.15, 0.2) is 6.10 Å². The zero-order valence-corrected chi connectivity index (χ0v) is 44.0. The number of quaternary nitrogens is 1. The van der Waals surface area contributed by atoms with Crippen LogP contribution in [0.25, 0.3) is 0 Å². The number of carboxylic acids is 1. The predicted octanol–water partition coefficient (Wildman–Crippen LogP) is 15.4. The number of nitrogens with zero attached hydrogens (tertiary/aromatic N) is 1. The molecule has 2 unspecified atom stereocenters. The van der Waals surface area contributed by atoms with Crippen molar-refractivity contribution < 1.29 is 42.9 Å². The van der Waals surface area contributed by atoms with Crippen LogP contribution in [0, 0.1) is 0 Å². The average Bonchev–Trinajstić information content (AvgIpc) is 3.30. The second-order valence-corrected chi connectivity index (χ2v) is 18.8. The van der Waals surface area contributed by atoms with Gasteiger partial charge in [0, 0.05) is 12.8 Å². The van der Waals surface area contributed by atoms with Gasteiger partial charge in [0.1, 0.15) is 13.2 Å². The molecule has 0 aromatic carbocycles. The molecular formula is C59H100NO8+. The smallest absolute Gasteiger partial charge is 0.361 e. The Balaban J connectivity index is 4.29. The molecule has 0 bridgehead atoms. The molecule has 0 heterocycles. The van der Waals surface area contributed by atoms with Crippen LogP contribution in [0.15, 0.2) is 97.2 Å². The molecule has 0 rings (SSSR count). The van der Waals surface area contributed by atoms with Gasteiger partial charge in [-0.05, 0) is 77.0 Å². The van der Waals surface area contributed by atoms with E-state index in [4.69, 9.17) is 18.9 Å². The van der Waals surface area contributed by atoms with Crippen LogP contribution in [0.3, 0.4) is 0 Å². The lowest BCUT2D eigenvalue weighted by atomic mass is 10.0. The number of aliphatic carboxylic acids is 1. The van der Waals surface area contributed by atoms with Crippen molar-refractivity contribution in [3.8, 4) is 0 Å². The molecule has 0 spiro atoms. The van der Waals surface area contributed by atoms with Crippen LogP contribution in [-0.2, 0) is 33.3 Å². The minimum absolute atomic E-state index is 0.181.